The van der Waals surface area contributed by atoms with E-state index in [-0.39, 0.29) is 11.2 Å². The predicted molar refractivity (Wildman–Crippen MR) is 52.3 cm³/mol. The van der Waals surface area contributed by atoms with Crippen LogP contribution in [0.15, 0.2) is 24.3 Å². The summed E-state index contributed by atoms with van der Waals surface area (Å²) in [6, 6.07) is 6.49. The Morgan fingerprint density at radius 3 is 2.46 bits per heavy atom. The Balaban J connectivity index is 2.01. The molecule has 1 aliphatic carbocycles. The highest BCUT2D eigenvalue weighted by Gasteiger charge is 2.25. The first-order chi connectivity index (χ1) is 6.25. The normalized spacial score (nSPS) is 18.6. The summed E-state index contributed by atoms with van der Waals surface area (Å²) in [6.07, 6.45) is 3.65. The van der Waals surface area contributed by atoms with Gasteiger partial charge < -0.3 is 0 Å². The average molecular weight is 199 g/mol. The van der Waals surface area contributed by atoms with Crippen molar-refractivity contribution in [3.05, 3.63) is 35.6 Å². The molecule has 1 aromatic carbocycles. The Morgan fingerprint density at radius 2 is 1.92 bits per heavy atom. The van der Waals surface area contributed by atoms with Crippen molar-refractivity contribution in [1.82, 2.24) is 0 Å². The van der Waals surface area contributed by atoms with Crippen LogP contribution in [-0.4, -0.2) is 0 Å². The van der Waals surface area contributed by atoms with E-state index in [1.165, 1.54) is 25.0 Å². The van der Waals surface area contributed by atoms with E-state index < -0.39 is 0 Å². The zero-order valence-electron chi connectivity index (χ0n) is 7.34. The van der Waals surface area contributed by atoms with E-state index in [0.717, 1.165) is 17.9 Å². The van der Waals surface area contributed by atoms with Gasteiger partial charge in [0.05, 0.1) is 5.38 Å². The molecule has 1 unspecified atom stereocenters. The molecule has 2 rings (SSSR count). The monoisotopic (exact) mass is 198 g/mol. The molecule has 0 amide bonds. The minimum Gasteiger partial charge on any atom is -0.207 e. The van der Waals surface area contributed by atoms with Crippen LogP contribution >= 0.6 is 11.6 Å². The predicted octanol–water partition coefficient (Wildman–Crippen LogP) is 3.91. The summed E-state index contributed by atoms with van der Waals surface area (Å²) >= 11 is 6.17. The third kappa shape index (κ3) is 2.44. The lowest BCUT2D eigenvalue weighted by molar-refractivity contribution is 0.625. The summed E-state index contributed by atoms with van der Waals surface area (Å²) in [7, 11) is 0. The molecule has 13 heavy (non-hydrogen) atoms. The molecule has 0 aromatic heterocycles. The molecule has 0 bridgehead atoms. The Morgan fingerprint density at radius 1 is 1.31 bits per heavy atom. The van der Waals surface area contributed by atoms with Gasteiger partial charge in [0, 0.05) is 0 Å². The Kier molecular flexibility index (Phi) is 2.54. The standard InChI is InChI=1S/C11H12ClF/c12-11(7-8-1-2-8)9-3-5-10(13)6-4-9/h3-6,8,11H,1-2,7H2. The zero-order chi connectivity index (χ0) is 9.26. The molecule has 0 N–H and O–H groups in total. The molecule has 0 spiro atoms. The summed E-state index contributed by atoms with van der Waals surface area (Å²) in [5.74, 6) is 0.617. The van der Waals surface area contributed by atoms with Crippen LogP contribution < -0.4 is 0 Å². The molecule has 1 aromatic rings. The largest absolute Gasteiger partial charge is 0.207 e. The molecule has 1 saturated carbocycles. The number of hydrogen-bond acceptors (Lipinski definition) is 0. The van der Waals surface area contributed by atoms with E-state index in [2.05, 4.69) is 0 Å². The molecule has 0 aliphatic heterocycles. The number of hydrogen-bond donors (Lipinski definition) is 0. The van der Waals surface area contributed by atoms with Crippen molar-refractivity contribution in [1.29, 1.82) is 0 Å². The molecule has 0 radical (unpaired) electrons. The van der Waals surface area contributed by atoms with Crippen molar-refractivity contribution >= 4 is 11.6 Å². The summed E-state index contributed by atoms with van der Waals surface area (Å²) < 4.78 is 12.6. The summed E-state index contributed by atoms with van der Waals surface area (Å²) in [5.41, 5.74) is 1.04. The van der Waals surface area contributed by atoms with Crippen molar-refractivity contribution in [2.24, 2.45) is 5.92 Å². The van der Waals surface area contributed by atoms with Crippen LogP contribution in [0.1, 0.15) is 30.2 Å². The molecule has 2 heteroatoms. The third-order valence-corrected chi connectivity index (χ3v) is 2.90. The minimum atomic E-state index is -0.195. The fraction of sp³-hybridized carbons (Fsp3) is 0.455. The molecule has 1 aliphatic rings. The fourth-order valence-corrected chi connectivity index (χ4v) is 1.85. The van der Waals surface area contributed by atoms with Gasteiger partial charge in [0.15, 0.2) is 0 Å². The van der Waals surface area contributed by atoms with Crippen molar-refractivity contribution in [2.45, 2.75) is 24.6 Å². The van der Waals surface area contributed by atoms with Crippen molar-refractivity contribution in [3.8, 4) is 0 Å². The number of halogens is 2. The summed E-state index contributed by atoms with van der Waals surface area (Å²) in [5, 5.41) is 0.0631. The van der Waals surface area contributed by atoms with Crippen molar-refractivity contribution in [3.63, 3.8) is 0 Å². The summed E-state index contributed by atoms with van der Waals surface area (Å²) in [6.45, 7) is 0. The highest BCUT2D eigenvalue weighted by Crippen LogP contribution is 2.40. The van der Waals surface area contributed by atoms with Crippen LogP contribution in [0.2, 0.25) is 0 Å². The molecule has 0 heterocycles. The van der Waals surface area contributed by atoms with Crippen LogP contribution in [0.3, 0.4) is 0 Å². The molecule has 0 nitrogen and oxygen atoms in total. The van der Waals surface area contributed by atoms with Gasteiger partial charge in [-0.2, -0.15) is 0 Å². The van der Waals surface area contributed by atoms with Crippen LogP contribution in [0, 0.1) is 11.7 Å². The second-order valence-corrected chi connectivity index (χ2v) is 4.22. The van der Waals surface area contributed by atoms with E-state index in [4.69, 9.17) is 11.6 Å². The maximum atomic E-state index is 12.6. The zero-order valence-corrected chi connectivity index (χ0v) is 8.10. The Labute approximate surface area is 82.7 Å². The van der Waals surface area contributed by atoms with Gasteiger partial charge in [0.1, 0.15) is 5.82 Å². The molecular formula is C11H12ClF. The van der Waals surface area contributed by atoms with E-state index in [0.29, 0.717) is 0 Å². The first-order valence-electron chi connectivity index (χ1n) is 4.65. The van der Waals surface area contributed by atoms with Gasteiger partial charge in [0.25, 0.3) is 0 Å². The van der Waals surface area contributed by atoms with Crippen LogP contribution in [-0.2, 0) is 0 Å². The lowest BCUT2D eigenvalue weighted by Gasteiger charge is -2.08. The third-order valence-electron chi connectivity index (χ3n) is 2.47. The van der Waals surface area contributed by atoms with Gasteiger partial charge in [0.2, 0.25) is 0 Å². The SMILES string of the molecule is Fc1ccc(C(Cl)CC2CC2)cc1. The number of benzene rings is 1. The van der Waals surface area contributed by atoms with E-state index >= 15 is 0 Å². The highest BCUT2D eigenvalue weighted by atomic mass is 35.5. The Hall–Kier alpha value is -0.560. The van der Waals surface area contributed by atoms with Crippen LogP contribution in [0.25, 0.3) is 0 Å². The van der Waals surface area contributed by atoms with Gasteiger partial charge >= 0.3 is 0 Å². The highest BCUT2D eigenvalue weighted by molar-refractivity contribution is 6.20. The maximum absolute atomic E-state index is 12.6. The van der Waals surface area contributed by atoms with Gasteiger partial charge in [-0.3, -0.25) is 0 Å². The minimum absolute atomic E-state index is 0.0631. The number of alkyl halides is 1. The molecular weight excluding hydrogens is 187 g/mol. The van der Waals surface area contributed by atoms with E-state index in [1.807, 2.05) is 0 Å². The number of rotatable bonds is 3. The van der Waals surface area contributed by atoms with Gasteiger partial charge in [-0.05, 0) is 30.0 Å². The lowest BCUT2D eigenvalue weighted by atomic mass is 10.1. The quantitative estimate of drug-likeness (QED) is 0.647. The van der Waals surface area contributed by atoms with Crippen molar-refractivity contribution in [2.75, 3.05) is 0 Å². The van der Waals surface area contributed by atoms with Crippen LogP contribution in [0.4, 0.5) is 4.39 Å². The van der Waals surface area contributed by atoms with E-state index in [1.54, 1.807) is 12.1 Å². The second-order valence-electron chi connectivity index (χ2n) is 3.70. The van der Waals surface area contributed by atoms with Gasteiger partial charge in [-0.1, -0.05) is 25.0 Å². The summed E-state index contributed by atoms with van der Waals surface area (Å²) in [4.78, 5) is 0. The molecule has 1 atom stereocenters. The Bertz CT molecular complexity index is 277. The smallest absolute Gasteiger partial charge is 0.123 e. The lowest BCUT2D eigenvalue weighted by Crippen LogP contribution is -1.91. The van der Waals surface area contributed by atoms with Gasteiger partial charge in [-0.25, -0.2) is 4.39 Å². The van der Waals surface area contributed by atoms with Gasteiger partial charge in [-0.15, -0.1) is 11.6 Å². The second kappa shape index (κ2) is 3.67. The van der Waals surface area contributed by atoms with E-state index in [9.17, 15) is 4.39 Å². The average Bonchev–Trinajstić information content (AvgIpc) is 2.89. The maximum Gasteiger partial charge on any atom is 0.123 e. The van der Waals surface area contributed by atoms with Crippen molar-refractivity contribution < 1.29 is 4.39 Å². The molecule has 1 fully saturated rings. The first-order valence-corrected chi connectivity index (χ1v) is 5.09. The molecule has 70 valence electrons. The fourth-order valence-electron chi connectivity index (χ4n) is 1.45. The molecule has 0 saturated heterocycles. The first kappa shape index (κ1) is 9.01. The topological polar surface area (TPSA) is 0 Å². The van der Waals surface area contributed by atoms with Crippen LogP contribution in [0.5, 0.6) is 0 Å².